The number of aromatic nitrogens is 2. The van der Waals surface area contributed by atoms with Crippen molar-refractivity contribution in [2.24, 2.45) is 11.8 Å². The highest BCUT2D eigenvalue weighted by atomic mass is 16.5. The molecule has 1 saturated heterocycles. The van der Waals surface area contributed by atoms with Crippen molar-refractivity contribution in [1.29, 1.82) is 0 Å². The maximum absolute atomic E-state index is 12.4. The first-order valence-corrected chi connectivity index (χ1v) is 8.90. The maximum atomic E-state index is 12.4. The summed E-state index contributed by atoms with van der Waals surface area (Å²) in [6, 6.07) is 2.01. The smallest absolute Gasteiger partial charge is 0.226 e. The Morgan fingerprint density at radius 1 is 1.25 bits per heavy atom. The van der Waals surface area contributed by atoms with E-state index in [1.807, 2.05) is 15.6 Å². The number of carbonyl (C=O) groups excluding carboxylic acids is 2. The Morgan fingerprint density at radius 2 is 2.12 bits per heavy atom. The van der Waals surface area contributed by atoms with Gasteiger partial charge in [0.2, 0.25) is 11.8 Å². The van der Waals surface area contributed by atoms with E-state index in [1.54, 1.807) is 0 Å². The van der Waals surface area contributed by atoms with Crippen LogP contribution in [-0.2, 0) is 34.0 Å². The van der Waals surface area contributed by atoms with E-state index >= 15 is 0 Å². The predicted molar refractivity (Wildman–Crippen MR) is 85.8 cm³/mol. The van der Waals surface area contributed by atoms with E-state index < -0.39 is 0 Å². The third-order valence-electron chi connectivity index (χ3n) is 5.36. The van der Waals surface area contributed by atoms with Crippen LogP contribution in [0.1, 0.15) is 37.1 Å². The molecule has 0 bridgehead atoms. The van der Waals surface area contributed by atoms with Gasteiger partial charge in [0, 0.05) is 19.1 Å². The molecule has 0 radical (unpaired) electrons. The average Bonchev–Trinajstić information content (AvgIpc) is 3.19. The van der Waals surface area contributed by atoms with Gasteiger partial charge in [0.25, 0.3) is 0 Å². The largest absolute Gasteiger partial charge is 0.381 e. The second-order valence-electron chi connectivity index (χ2n) is 7.02. The second-order valence-corrected chi connectivity index (χ2v) is 7.02. The molecule has 7 heteroatoms. The predicted octanol–water partition coefficient (Wildman–Crippen LogP) is 0.678. The number of amides is 2. The van der Waals surface area contributed by atoms with E-state index in [0.717, 1.165) is 43.7 Å². The van der Waals surface area contributed by atoms with Gasteiger partial charge in [-0.3, -0.25) is 14.3 Å². The molecule has 0 spiro atoms. The number of ether oxygens (including phenoxy) is 1. The lowest BCUT2D eigenvalue weighted by atomic mass is 9.84. The van der Waals surface area contributed by atoms with Crippen molar-refractivity contribution < 1.29 is 14.3 Å². The summed E-state index contributed by atoms with van der Waals surface area (Å²) in [6.07, 6.45) is 4.05. The second kappa shape index (κ2) is 6.55. The van der Waals surface area contributed by atoms with Crippen molar-refractivity contribution in [1.82, 2.24) is 20.0 Å². The third kappa shape index (κ3) is 3.05. The molecular formula is C17H24N4O3. The highest BCUT2D eigenvalue weighted by molar-refractivity contribution is 5.80. The van der Waals surface area contributed by atoms with Gasteiger partial charge in [0.1, 0.15) is 0 Å². The Labute approximate surface area is 141 Å². The van der Waals surface area contributed by atoms with Crippen LogP contribution >= 0.6 is 0 Å². The summed E-state index contributed by atoms with van der Waals surface area (Å²) >= 11 is 0. The molecular weight excluding hydrogens is 308 g/mol. The number of nitrogens with zero attached hydrogens (tertiary/aromatic N) is 3. The summed E-state index contributed by atoms with van der Waals surface area (Å²) < 4.78 is 7.21. The molecule has 1 atom stereocenters. The molecule has 1 unspecified atom stereocenters. The Balaban J connectivity index is 1.34. The van der Waals surface area contributed by atoms with E-state index in [-0.39, 0.29) is 17.7 Å². The molecule has 1 saturated carbocycles. The van der Waals surface area contributed by atoms with Crippen LogP contribution in [0.2, 0.25) is 0 Å². The average molecular weight is 332 g/mol. The fourth-order valence-corrected chi connectivity index (χ4v) is 3.58. The van der Waals surface area contributed by atoms with Gasteiger partial charge < -0.3 is 15.0 Å². The van der Waals surface area contributed by atoms with Crippen LogP contribution in [0.25, 0.3) is 0 Å². The van der Waals surface area contributed by atoms with Crippen LogP contribution in [-0.4, -0.2) is 46.3 Å². The Bertz CT molecular complexity index is 632. The van der Waals surface area contributed by atoms with Crippen molar-refractivity contribution >= 4 is 11.8 Å². The third-order valence-corrected chi connectivity index (χ3v) is 5.36. The number of nitrogens with one attached hydrogen (secondary N) is 1. The summed E-state index contributed by atoms with van der Waals surface area (Å²) in [5.41, 5.74) is 1.91. The van der Waals surface area contributed by atoms with Crippen LogP contribution in [0.4, 0.5) is 0 Å². The number of hydrogen-bond donors (Lipinski definition) is 1. The normalized spacial score (nSPS) is 23.7. The first-order valence-electron chi connectivity index (χ1n) is 8.90. The summed E-state index contributed by atoms with van der Waals surface area (Å²) in [6.45, 7) is 3.72. The highest BCUT2D eigenvalue weighted by Gasteiger charge is 2.31. The lowest BCUT2D eigenvalue weighted by Gasteiger charge is -2.34. The molecule has 7 nitrogen and oxygen atoms in total. The standard InChI is InChI=1S/C17H24N4O3/c22-16(13-4-7-24-11-13)18-9-14-8-15-10-20(5-6-21(15)19-14)17(23)12-2-1-3-12/h8,12-13H,1-7,9-11H2,(H,18,22). The van der Waals surface area contributed by atoms with Crippen molar-refractivity contribution in [3.63, 3.8) is 0 Å². The van der Waals surface area contributed by atoms with Gasteiger partial charge in [0.05, 0.1) is 43.5 Å². The van der Waals surface area contributed by atoms with Gasteiger partial charge in [-0.1, -0.05) is 6.42 Å². The summed E-state index contributed by atoms with van der Waals surface area (Å²) in [5.74, 6) is 0.551. The van der Waals surface area contributed by atoms with Crippen LogP contribution < -0.4 is 5.32 Å². The molecule has 2 fully saturated rings. The minimum atomic E-state index is -0.0298. The molecule has 1 aromatic heterocycles. The highest BCUT2D eigenvalue weighted by Crippen LogP contribution is 2.29. The quantitative estimate of drug-likeness (QED) is 0.880. The fraction of sp³-hybridized carbons (Fsp3) is 0.706. The first-order chi connectivity index (χ1) is 11.7. The molecule has 130 valence electrons. The summed E-state index contributed by atoms with van der Waals surface area (Å²) in [4.78, 5) is 26.4. The number of hydrogen-bond acceptors (Lipinski definition) is 4. The zero-order chi connectivity index (χ0) is 16.5. The molecule has 4 rings (SSSR count). The van der Waals surface area contributed by atoms with E-state index in [0.29, 0.717) is 32.2 Å². The van der Waals surface area contributed by atoms with Crippen molar-refractivity contribution in [3.05, 3.63) is 17.5 Å². The van der Waals surface area contributed by atoms with Gasteiger partial charge in [-0.2, -0.15) is 5.10 Å². The Kier molecular flexibility index (Phi) is 4.26. The SMILES string of the molecule is O=C(NCc1cc2n(n1)CCN(C(=O)C1CCC1)C2)C1CCOC1. The zero-order valence-electron chi connectivity index (χ0n) is 13.9. The topological polar surface area (TPSA) is 76.5 Å². The van der Waals surface area contributed by atoms with Gasteiger partial charge in [-0.25, -0.2) is 0 Å². The van der Waals surface area contributed by atoms with E-state index in [4.69, 9.17) is 4.74 Å². The monoisotopic (exact) mass is 332 g/mol. The van der Waals surface area contributed by atoms with Gasteiger partial charge in [-0.05, 0) is 25.3 Å². The maximum Gasteiger partial charge on any atom is 0.226 e. The number of carbonyl (C=O) groups is 2. The zero-order valence-corrected chi connectivity index (χ0v) is 13.9. The van der Waals surface area contributed by atoms with E-state index in [2.05, 4.69) is 10.4 Å². The van der Waals surface area contributed by atoms with Crippen LogP contribution in [0, 0.1) is 11.8 Å². The summed E-state index contributed by atoms with van der Waals surface area (Å²) in [7, 11) is 0. The molecule has 24 heavy (non-hydrogen) atoms. The number of fused-ring (bicyclic) bond motifs is 1. The Hall–Kier alpha value is -1.89. The minimum absolute atomic E-state index is 0.0298. The lowest BCUT2D eigenvalue weighted by Crippen LogP contribution is -2.43. The molecule has 1 N–H and O–H groups in total. The molecule has 2 amide bonds. The van der Waals surface area contributed by atoms with Gasteiger partial charge in [0.15, 0.2) is 0 Å². The minimum Gasteiger partial charge on any atom is -0.381 e. The van der Waals surface area contributed by atoms with Gasteiger partial charge >= 0.3 is 0 Å². The Morgan fingerprint density at radius 3 is 2.83 bits per heavy atom. The van der Waals surface area contributed by atoms with E-state index in [9.17, 15) is 9.59 Å². The molecule has 3 aliphatic rings. The molecule has 0 aromatic carbocycles. The molecule has 2 aliphatic heterocycles. The van der Waals surface area contributed by atoms with Crippen molar-refractivity contribution in [3.8, 4) is 0 Å². The number of rotatable bonds is 4. The lowest BCUT2D eigenvalue weighted by molar-refractivity contribution is -0.139. The molecule has 3 heterocycles. The molecule has 1 aromatic rings. The van der Waals surface area contributed by atoms with Crippen LogP contribution in [0.15, 0.2) is 6.07 Å². The molecule has 1 aliphatic carbocycles. The van der Waals surface area contributed by atoms with E-state index in [1.165, 1.54) is 6.42 Å². The van der Waals surface area contributed by atoms with Crippen LogP contribution in [0.3, 0.4) is 0 Å². The van der Waals surface area contributed by atoms with Gasteiger partial charge in [-0.15, -0.1) is 0 Å². The summed E-state index contributed by atoms with van der Waals surface area (Å²) in [5, 5.41) is 7.50. The first kappa shape index (κ1) is 15.6. The van der Waals surface area contributed by atoms with Crippen LogP contribution in [0.5, 0.6) is 0 Å². The van der Waals surface area contributed by atoms with Crippen molar-refractivity contribution in [2.45, 2.75) is 45.3 Å². The fourth-order valence-electron chi connectivity index (χ4n) is 3.58. The van der Waals surface area contributed by atoms with Crippen molar-refractivity contribution in [2.75, 3.05) is 19.8 Å².